The Morgan fingerprint density at radius 3 is 1.76 bits per heavy atom. The highest BCUT2D eigenvalue weighted by atomic mass is 16.3. The third-order valence-corrected chi connectivity index (χ3v) is 10.5. The number of aromatic nitrogens is 2. The molecule has 0 fully saturated rings. The van der Waals surface area contributed by atoms with E-state index in [0.717, 1.165) is 33.3 Å². The molecule has 3 heterocycles. The lowest BCUT2D eigenvalue weighted by atomic mass is 9.90. The highest BCUT2D eigenvalue weighted by Crippen LogP contribution is 2.45. The summed E-state index contributed by atoms with van der Waals surface area (Å²) in [5.74, 6) is 0. The fraction of sp³-hybridized carbons (Fsp3) is 0. The molecule has 0 spiro atoms. The van der Waals surface area contributed by atoms with Crippen LogP contribution in [0.25, 0.3) is 99.2 Å². The Morgan fingerprint density at radius 2 is 0.941 bits per heavy atom. The number of benzene rings is 8. The molecular formula is C48H30N2O. The van der Waals surface area contributed by atoms with Crippen LogP contribution < -0.4 is 0 Å². The zero-order valence-corrected chi connectivity index (χ0v) is 27.6. The summed E-state index contributed by atoms with van der Waals surface area (Å²) < 4.78 is 11.0. The minimum Gasteiger partial charge on any atom is -0.456 e. The predicted molar refractivity (Wildman–Crippen MR) is 213 cm³/mol. The van der Waals surface area contributed by atoms with Crippen LogP contribution in [0.1, 0.15) is 0 Å². The molecular weight excluding hydrogens is 621 g/mol. The first kappa shape index (κ1) is 28.0. The molecule has 3 nitrogen and oxygen atoms in total. The number of furan rings is 1. The van der Waals surface area contributed by atoms with Crippen LogP contribution in [0, 0.1) is 0 Å². The Bertz CT molecular complexity index is 3130. The van der Waals surface area contributed by atoms with Crippen molar-refractivity contribution in [3.05, 3.63) is 182 Å². The molecule has 0 saturated carbocycles. The zero-order valence-electron chi connectivity index (χ0n) is 27.6. The minimum atomic E-state index is 0.902. The van der Waals surface area contributed by atoms with Gasteiger partial charge in [-0.15, -0.1) is 0 Å². The van der Waals surface area contributed by atoms with Gasteiger partial charge >= 0.3 is 0 Å². The van der Waals surface area contributed by atoms with E-state index in [0.29, 0.717) is 0 Å². The Hall–Kier alpha value is -6.84. The van der Waals surface area contributed by atoms with E-state index < -0.39 is 0 Å². The van der Waals surface area contributed by atoms with Gasteiger partial charge in [0.25, 0.3) is 0 Å². The summed E-state index contributed by atoms with van der Waals surface area (Å²) in [5.41, 5.74) is 13.7. The number of nitrogens with zero attached hydrogens (tertiary/aromatic N) is 2. The van der Waals surface area contributed by atoms with Crippen LogP contribution in [-0.4, -0.2) is 9.13 Å². The molecule has 0 aliphatic carbocycles. The Morgan fingerprint density at radius 1 is 0.333 bits per heavy atom. The monoisotopic (exact) mass is 650 g/mol. The summed E-state index contributed by atoms with van der Waals surface area (Å²) in [5, 5.41) is 7.21. The summed E-state index contributed by atoms with van der Waals surface area (Å²) in [4.78, 5) is 0. The summed E-state index contributed by atoms with van der Waals surface area (Å²) in [6.45, 7) is 0. The predicted octanol–water partition coefficient (Wildman–Crippen LogP) is 13.1. The first-order valence-electron chi connectivity index (χ1n) is 17.4. The smallest absolute Gasteiger partial charge is 0.135 e. The van der Waals surface area contributed by atoms with Crippen LogP contribution in [0.4, 0.5) is 0 Å². The third-order valence-electron chi connectivity index (χ3n) is 10.5. The van der Waals surface area contributed by atoms with E-state index in [1.54, 1.807) is 0 Å². The van der Waals surface area contributed by atoms with Crippen LogP contribution in [-0.2, 0) is 0 Å². The number of rotatable bonds is 4. The maximum absolute atomic E-state index is 6.20. The fourth-order valence-electron chi connectivity index (χ4n) is 8.33. The molecule has 0 amide bonds. The Labute approximate surface area is 293 Å². The molecule has 3 heteroatoms. The van der Waals surface area contributed by atoms with Gasteiger partial charge in [0, 0.05) is 43.7 Å². The van der Waals surface area contributed by atoms with Gasteiger partial charge in [-0.05, 0) is 89.0 Å². The van der Waals surface area contributed by atoms with Gasteiger partial charge in [0.05, 0.1) is 22.1 Å². The van der Waals surface area contributed by atoms with Crippen LogP contribution in [0.2, 0.25) is 0 Å². The van der Waals surface area contributed by atoms with E-state index in [-0.39, 0.29) is 0 Å². The standard InChI is InChI=1S/C48H30N2O/c1-3-13-31(14-4-1)35-25-27-44-48(38-19-8-11-21-42(38)49(44)33-15-5-2-6-16-33)47(35)32-23-26-43-39(29-32)36-17-7-10-20-41(36)50(43)34-24-28-46-40(30-34)37-18-9-12-22-45(37)51-46/h1-30H. The molecule has 0 N–H and O–H groups in total. The van der Waals surface area contributed by atoms with Crippen molar-refractivity contribution in [1.82, 2.24) is 9.13 Å². The largest absolute Gasteiger partial charge is 0.456 e. The SMILES string of the molecule is c1ccc(-c2ccc3c(c2-c2ccc4c(c2)c2ccccc2n4-c2ccc4oc5ccccc5c4c2)c2ccccc2n3-c2ccccc2)cc1. The number of hydrogen-bond donors (Lipinski definition) is 0. The number of hydrogen-bond acceptors (Lipinski definition) is 1. The highest BCUT2D eigenvalue weighted by Gasteiger charge is 2.21. The summed E-state index contributed by atoms with van der Waals surface area (Å²) >= 11 is 0. The summed E-state index contributed by atoms with van der Waals surface area (Å²) in [6, 6.07) is 65.6. The molecule has 0 atom stereocenters. The Kier molecular flexibility index (Phi) is 5.96. The normalized spacial score (nSPS) is 11.9. The van der Waals surface area contributed by atoms with Crippen molar-refractivity contribution in [2.24, 2.45) is 0 Å². The quantitative estimate of drug-likeness (QED) is 0.186. The molecule has 0 radical (unpaired) electrons. The van der Waals surface area contributed by atoms with Gasteiger partial charge < -0.3 is 13.6 Å². The summed E-state index contributed by atoms with van der Waals surface area (Å²) in [7, 11) is 0. The van der Waals surface area contributed by atoms with Crippen LogP contribution >= 0.6 is 0 Å². The van der Waals surface area contributed by atoms with E-state index in [2.05, 4.69) is 179 Å². The lowest BCUT2D eigenvalue weighted by Crippen LogP contribution is -1.94. The molecule has 8 aromatic carbocycles. The van der Waals surface area contributed by atoms with Crippen molar-refractivity contribution < 1.29 is 4.42 Å². The molecule has 0 unspecified atom stereocenters. The number of para-hydroxylation sites is 4. The topological polar surface area (TPSA) is 23.0 Å². The second-order valence-corrected chi connectivity index (χ2v) is 13.3. The van der Waals surface area contributed by atoms with E-state index in [9.17, 15) is 0 Å². The highest BCUT2D eigenvalue weighted by molar-refractivity contribution is 6.20. The molecule has 238 valence electrons. The van der Waals surface area contributed by atoms with E-state index in [1.807, 2.05) is 12.1 Å². The molecule has 0 bridgehead atoms. The molecule has 0 saturated heterocycles. The van der Waals surface area contributed by atoms with Gasteiger partial charge in [-0.1, -0.05) is 115 Å². The molecule has 11 aromatic rings. The van der Waals surface area contributed by atoms with Gasteiger partial charge in [0.15, 0.2) is 0 Å². The van der Waals surface area contributed by atoms with E-state index in [1.165, 1.54) is 65.9 Å². The molecule has 0 aliphatic heterocycles. The van der Waals surface area contributed by atoms with Crippen molar-refractivity contribution >= 4 is 65.6 Å². The van der Waals surface area contributed by atoms with Crippen molar-refractivity contribution in [1.29, 1.82) is 0 Å². The van der Waals surface area contributed by atoms with Crippen LogP contribution in [0.15, 0.2) is 186 Å². The van der Waals surface area contributed by atoms with Crippen LogP contribution in [0.3, 0.4) is 0 Å². The van der Waals surface area contributed by atoms with Crippen molar-refractivity contribution in [3.8, 4) is 33.6 Å². The lowest BCUT2D eigenvalue weighted by molar-refractivity contribution is 0.669. The first-order chi connectivity index (χ1) is 25.3. The second kappa shape index (κ2) is 10.8. The first-order valence-corrected chi connectivity index (χ1v) is 17.4. The van der Waals surface area contributed by atoms with Gasteiger partial charge in [0.2, 0.25) is 0 Å². The van der Waals surface area contributed by atoms with Crippen molar-refractivity contribution in [2.75, 3.05) is 0 Å². The van der Waals surface area contributed by atoms with Crippen molar-refractivity contribution in [3.63, 3.8) is 0 Å². The maximum atomic E-state index is 6.20. The Balaban J connectivity index is 1.22. The number of fused-ring (bicyclic) bond motifs is 9. The van der Waals surface area contributed by atoms with E-state index in [4.69, 9.17) is 4.42 Å². The average molecular weight is 651 g/mol. The average Bonchev–Trinajstić information content (AvgIpc) is 3.85. The van der Waals surface area contributed by atoms with E-state index >= 15 is 0 Å². The van der Waals surface area contributed by atoms with Crippen LogP contribution in [0.5, 0.6) is 0 Å². The van der Waals surface area contributed by atoms with Gasteiger partial charge in [-0.25, -0.2) is 0 Å². The maximum Gasteiger partial charge on any atom is 0.135 e. The molecule has 3 aromatic heterocycles. The summed E-state index contributed by atoms with van der Waals surface area (Å²) in [6.07, 6.45) is 0. The molecule has 0 aliphatic rings. The van der Waals surface area contributed by atoms with Crippen molar-refractivity contribution in [2.45, 2.75) is 0 Å². The van der Waals surface area contributed by atoms with Gasteiger partial charge in [-0.2, -0.15) is 0 Å². The second-order valence-electron chi connectivity index (χ2n) is 13.3. The van der Waals surface area contributed by atoms with Gasteiger partial charge in [0.1, 0.15) is 11.2 Å². The minimum absolute atomic E-state index is 0.902. The fourth-order valence-corrected chi connectivity index (χ4v) is 8.33. The lowest BCUT2D eigenvalue weighted by Gasteiger charge is -2.15. The van der Waals surface area contributed by atoms with Gasteiger partial charge in [-0.3, -0.25) is 0 Å². The molecule has 11 rings (SSSR count). The molecule has 51 heavy (non-hydrogen) atoms. The third kappa shape index (κ3) is 4.12. The zero-order chi connectivity index (χ0) is 33.5.